The largest absolute Gasteiger partial charge is 0.507 e. The second kappa shape index (κ2) is 9.48. The Balaban J connectivity index is 1.62. The number of rotatable bonds is 4. The van der Waals surface area contributed by atoms with Crippen LogP contribution in [0.1, 0.15) is 64.4 Å². The van der Waals surface area contributed by atoms with Crippen LogP contribution in [0.5, 0.6) is 5.75 Å². The van der Waals surface area contributed by atoms with Gasteiger partial charge >= 0.3 is 5.97 Å². The van der Waals surface area contributed by atoms with Crippen molar-refractivity contribution in [1.29, 1.82) is 0 Å². The number of aliphatic hydroxyl groups is 1. The number of esters is 1. The van der Waals surface area contributed by atoms with Crippen LogP contribution in [0, 0.1) is 23.7 Å². The van der Waals surface area contributed by atoms with Gasteiger partial charge in [0.25, 0.3) is 0 Å². The average Bonchev–Trinajstić information content (AvgIpc) is 2.90. The lowest BCUT2D eigenvalue weighted by Gasteiger charge is -2.48. The fourth-order valence-electron chi connectivity index (χ4n) is 6.70. The fraction of sp³-hybridized carbons (Fsp3) is 0.400. The number of nitrogens with two attached hydrogens (primary N) is 1. The zero-order valence-electron chi connectivity index (χ0n) is 22.2. The minimum atomic E-state index is -2.69. The summed E-state index contributed by atoms with van der Waals surface area (Å²) in [7, 11) is 1.26. The van der Waals surface area contributed by atoms with E-state index in [4.69, 9.17) is 10.5 Å². The summed E-state index contributed by atoms with van der Waals surface area (Å²) in [5, 5.41) is 22.8. The van der Waals surface area contributed by atoms with E-state index in [-0.39, 0.29) is 36.5 Å². The molecule has 10 heteroatoms. The van der Waals surface area contributed by atoms with Gasteiger partial charge in [0.15, 0.2) is 34.7 Å². The summed E-state index contributed by atoms with van der Waals surface area (Å²) in [4.78, 5) is 77.1. The summed E-state index contributed by atoms with van der Waals surface area (Å²) in [5.41, 5.74) is 4.98. The summed E-state index contributed by atoms with van der Waals surface area (Å²) >= 11 is 0. The zero-order valence-corrected chi connectivity index (χ0v) is 22.2. The quantitative estimate of drug-likeness (QED) is 0.381. The van der Waals surface area contributed by atoms with Gasteiger partial charge in [-0.05, 0) is 59.6 Å². The Kier molecular flexibility index (Phi) is 6.49. The molecule has 0 spiro atoms. The Morgan fingerprint density at radius 1 is 1.05 bits per heavy atom. The molecule has 2 aromatic carbocycles. The monoisotopic (exact) mass is 547 g/mol. The maximum absolute atomic E-state index is 14.0. The molecule has 40 heavy (non-hydrogen) atoms. The van der Waals surface area contributed by atoms with Gasteiger partial charge in [0.1, 0.15) is 5.75 Å². The van der Waals surface area contributed by atoms with Crippen molar-refractivity contribution in [3.05, 3.63) is 52.6 Å². The number of benzene rings is 2. The van der Waals surface area contributed by atoms with Crippen molar-refractivity contribution in [2.75, 3.05) is 7.11 Å². The number of fused-ring (bicyclic) bond motifs is 3. The second-order valence-electron chi connectivity index (χ2n) is 11.2. The third-order valence-corrected chi connectivity index (χ3v) is 8.68. The molecule has 0 radical (unpaired) electrons. The number of phenols is 1. The van der Waals surface area contributed by atoms with Gasteiger partial charge in [0.05, 0.1) is 24.2 Å². The van der Waals surface area contributed by atoms with Crippen LogP contribution < -0.4 is 5.73 Å². The van der Waals surface area contributed by atoms with Crippen LogP contribution in [0.3, 0.4) is 0 Å². The van der Waals surface area contributed by atoms with Gasteiger partial charge in [-0.2, -0.15) is 0 Å². The van der Waals surface area contributed by atoms with E-state index in [1.54, 1.807) is 18.2 Å². The van der Waals surface area contributed by atoms with Crippen molar-refractivity contribution >= 4 is 35.0 Å². The van der Waals surface area contributed by atoms with Crippen LogP contribution in [0.2, 0.25) is 0 Å². The highest BCUT2D eigenvalue weighted by atomic mass is 16.5. The van der Waals surface area contributed by atoms with Crippen LogP contribution in [0.25, 0.3) is 11.1 Å². The summed E-state index contributed by atoms with van der Waals surface area (Å²) in [6.07, 6.45) is -0.126. The first-order chi connectivity index (χ1) is 18.8. The number of hydrogen-bond donors (Lipinski definition) is 3. The van der Waals surface area contributed by atoms with E-state index in [2.05, 4.69) is 0 Å². The van der Waals surface area contributed by atoms with Gasteiger partial charge in [0, 0.05) is 17.9 Å². The van der Waals surface area contributed by atoms with Gasteiger partial charge in [-0.25, -0.2) is 4.79 Å². The predicted molar refractivity (Wildman–Crippen MR) is 139 cm³/mol. The summed E-state index contributed by atoms with van der Waals surface area (Å²) in [6, 6.07) is 8.05. The number of ketones is 4. The Hall–Kier alpha value is -4.18. The molecule has 2 unspecified atom stereocenters. The average molecular weight is 548 g/mol. The lowest BCUT2D eigenvalue weighted by atomic mass is 9.53. The predicted octanol–water partition coefficient (Wildman–Crippen LogP) is 1.90. The van der Waals surface area contributed by atoms with Crippen LogP contribution >= 0.6 is 0 Å². The molecule has 2 aromatic rings. The molecule has 2 fully saturated rings. The molecule has 3 aliphatic rings. The maximum Gasteiger partial charge on any atom is 0.337 e. The number of aromatic hydroxyl groups is 1. The standard InChI is InChI=1S/C30H29NO9/c1-12(2)17-11-18(13-4-6-14(7-5-13)29(38)40-3)24(33)22-19(17)9-15-8-16-10-20(32)23(28(31)37)27(36)30(16,39)26(35)21(15)25(22)34/h4-7,11-12,15-16,21,23,33,39H,8-10H2,1-3H3,(H2,31,37)/t15-,16+,21?,23?,30+/m1/s1. The molecular formula is C30H29NO9. The maximum atomic E-state index is 14.0. The molecule has 5 atom stereocenters. The molecule has 2 saturated carbocycles. The molecule has 0 bridgehead atoms. The molecule has 5 rings (SSSR count). The minimum Gasteiger partial charge on any atom is -0.507 e. The van der Waals surface area contributed by atoms with E-state index in [0.717, 1.165) is 5.56 Å². The van der Waals surface area contributed by atoms with Crippen molar-refractivity contribution in [3.8, 4) is 16.9 Å². The number of methoxy groups -OCH3 is 1. The number of carbonyl (C=O) groups excluding carboxylic acids is 6. The number of amides is 1. The second-order valence-corrected chi connectivity index (χ2v) is 11.2. The van der Waals surface area contributed by atoms with Crippen molar-refractivity contribution in [2.24, 2.45) is 29.4 Å². The first-order valence-corrected chi connectivity index (χ1v) is 13.1. The third kappa shape index (κ3) is 3.81. The third-order valence-electron chi connectivity index (χ3n) is 8.68. The number of hydrogen-bond acceptors (Lipinski definition) is 9. The van der Waals surface area contributed by atoms with Gasteiger partial charge in [-0.3, -0.25) is 24.0 Å². The number of phenolic OH excluding ortho intramolecular Hbond substituents is 1. The van der Waals surface area contributed by atoms with Crippen molar-refractivity contribution < 1.29 is 43.7 Å². The molecule has 10 nitrogen and oxygen atoms in total. The van der Waals surface area contributed by atoms with Crippen LogP contribution in [-0.4, -0.2) is 57.9 Å². The Morgan fingerprint density at radius 3 is 2.27 bits per heavy atom. The summed E-state index contributed by atoms with van der Waals surface area (Å²) in [6.45, 7) is 3.86. The lowest BCUT2D eigenvalue weighted by Crippen LogP contribution is -2.68. The summed E-state index contributed by atoms with van der Waals surface area (Å²) < 4.78 is 4.73. The van der Waals surface area contributed by atoms with E-state index in [0.29, 0.717) is 22.3 Å². The Morgan fingerprint density at radius 2 is 1.70 bits per heavy atom. The molecule has 0 aliphatic heterocycles. The van der Waals surface area contributed by atoms with E-state index in [1.165, 1.54) is 19.2 Å². The molecule has 0 heterocycles. The molecule has 4 N–H and O–H groups in total. The van der Waals surface area contributed by atoms with Crippen LogP contribution in [0.15, 0.2) is 30.3 Å². The molecule has 3 aliphatic carbocycles. The van der Waals surface area contributed by atoms with Crippen molar-refractivity contribution in [1.82, 2.24) is 0 Å². The smallest absolute Gasteiger partial charge is 0.337 e. The van der Waals surface area contributed by atoms with Gasteiger partial charge in [-0.1, -0.05) is 26.0 Å². The lowest BCUT2D eigenvalue weighted by molar-refractivity contribution is -0.175. The number of primary amides is 1. The Labute approximate surface area is 229 Å². The van der Waals surface area contributed by atoms with E-state index >= 15 is 0 Å². The number of ether oxygens (including phenoxy) is 1. The van der Waals surface area contributed by atoms with Crippen molar-refractivity contribution in [3.63, 3.8) is 0 Å². The molecule has 208 valence electrons. The normalized spacial score (nSPS) is 27.6. The topological polar surface area (TPSA) is 178 Å². The number of Topliss-reactive ketones (excluding diaryl/α,β-unsaturated/α-hetero) is 4. The van der Waals surface area contributed by atoms with Gasteiger partial charge < -0.3 is 20.7 Å². The highest BCUT2D eigenvalue weighted by Gasteiger charge is 2.66. The first kappa shape index (κ1) is 27.4. The van der Waals surface area contributed by atoms with E-state index < -0.39 is 64.3 Å². The highest BCUT2D eigenvalue weighted by molar-refractivity contribution is 6.31. The molecular weight excluding hydrogens is 518 g/mol. The highest BCUT2D eigenvalue weighted by Crippen LogP contribution is 2.52. The van der Waals surface area contributed by atoms with Gasteiger partial charge in [0.2, 0.25) is 5.91 Å². The van der Waals surface area contributed by atoms with Crippen LogP contribution in [0.4, 0.5) is 0 Å². The molecule has 1 amide bonds. The Bertz CT molecular complexity index is 1510. The first-order valence-electron chi connectivity index (χ1n) is 13.1. The number of carbonyl (C=O) groups is 6. The van der Waals surface area contributed by atoms with Crippen LogP contribution in [-0.2, 0) is 30.3 Å². The fourth-order valence-corrected chi connectivity index (χ4v) is 6.70. The van der Waals surface area contributed by atoms with Crippen molar-refractivity contribution in [2.45, 2.75) is 44.6 Å². The summed E-state index contributed by atoms with van der Waals surface area (Å²) in [5.74, 6) is -11.1. The van der Waals surface area contributed by atoms with Gasteiger partial charge in [-0.15, -0.1) is 0 Å². The minimum absolute atomic E-state index is 0.0378. The van der Waals surface area contributed by atoms with E-state index in [9.17, 15) is 39.0 Å². The van der Waals surface area contributed by atoms with E-state index in [1.807, 2.05) is 13.8 Å². The SMILES string of the molecule is COC(=O)c1ccc(-c2cc(C(C)C)c3c(c2O)C(=O)C2C(=O)[C@]4(O)C(=O)C(C(N)=O)C(=O)C[C@@H]4C[C@@H]2C3)cc1. The molecule has 0 aromatic heterocycles. The molecule has 0 saturated heterocycles. The zero-order chi connectivity index (χ0) is 29.3.